The fraction of sp³-hybridized carbons (Fsp3) is 0.455. The highest BCUT2D eigenvalue weighted by molar-refractivity contribution is 5.47. The van der Waals surface area contributed by atoms with Crippen molar-refractivity contribution in [1.29, 1.82) is 0 Å². The van der Waals surface area contributed by atoms with Gasteiger partial charge in [0.25, 0.3) is 0 Å². The maximum Gasteiger partial charge on any atom is 0.167 e. The van der Waals surface area contributed by atoms with Gasteiger partial charge in [-0.05, 0) is 19.1 Å². The van der Waals surface area contributed by atoms with Gasteiger partial charge in [0.1, 0.15) is 0 Å². The molecule has 0 amide bonds. The molecule has 0 radical (unpaired) electrons. The van der Waals surface area contributed by atoms with Crippen LogP contribution in [0.15, 0.2) is 18.2 Å². The molecule has 4 N–H and O–H groups in total. The van der Waals surface area contributed by atoms with Crippen LogP contribution in [0.1, 0.15) is 6.92 Å². The van der Waals surface area contributed by atoms with Gasteiger partial charge in [0, 0.05) is 24.3 Å². The minimum Gasteiger partial charge on any atom is -0.491 e. The number of hydrogen-bond donors (Lipinski definition) is 3. The number of nitrogens with two attached hydrogens (primary N) is 1. The smallest absolute Gasteiger partial charge is 0.167 e. The van der Waals surface area contributed by atoms with Gasteiger partial charge in [-0.3, -0.25) is 0 Å². The zero-order valence-electron chi connectivity index (χ0n) is 9.24. The summed E-state index contributed by atoms with van der Waals surface area (Å²) in [6, 6.07) is 4.26. The van der Waals surface area contributed by atoms with Crippen molar-refractivity contribution >= 4 is 5.69 Å². The summed E-state index contributed by atoms with van der Waals surface area (Å²) in [6.07, 6.45) is 0. The molecule has 0 bridgehead atoms. The average Bonchev–Trinajstić information content (AvgIpc) is 2.29. The number of hydrogen-bond acceptors (Lipinski definition) is 4. The predicted molar refractivity (Wildman–Crippen MR) is 61.1 cm³/mol. The number of aliphatic hydroxyl groups excluding tert-OH is 1. The van der Waals surface area contributed by atoms with E-state index in [9.17, 15) is 4.39 Å². The van der Waals surface area contributed by atoms with E-state index in [4.69, 9.17) is 15.6 Å². The fourth-order valence-electron chi connectivity index (χ4n) is 1.20. The summed E-state index contributed by atoms with van der Waals surface area (Å²) >= 11 is 0. The van der Waals surface area contributed by atoms with Gasteiger partial charge in [-0.25, -0.2) is 4.39 Å². The Kier molecular flexibility index (Phi) is 5.01. The minimum atomic E-state index is -0.413. The maximum absolute atomic E-state index is 13.4. The van der Waals surface area contributed by atoms with Crippen LogP contribution in [0.2, 0.25) is 0 Å². The van der Waals surface area contributed by atoms with Crippen molar-refractivity contribution in [3.63, 3.8) is 0 Å². The van der Waals surface area contributed by atoms with E-state index in [2.05, 4.69) is 5.32 Å². The SMILES string of the molecule is CCOc1ccc(NCC(N)CO)cc1F. The largest absolute Gasteiger partial charge is 0.491 e. The first-order valence-corrected chi connectivity index (χ1v) is 5.20. The molecule has 0 aliphatic heterocycles. The summed E-state index contributed by atoms with van der Waals surface area (Å²) in [5, 5.41) is 11.6. The van der Waals surface area contributed by atoms with Gasteiger partial charge in [-0.15, -0.1) is 0 Å². The van der Waals surface area contributed by atoms with E-state index in [0.717, 1.165) is 0 Å². The molecule has 1 rings (SSSR count). The van der Waals surface area contributed by atoms with Crippen molar-refractivity contribution in [1.82, 2.24) is 0 Å². The number of aliphatic hydroxyl groups is 1. The normalized spacial score (nSPS) is 12.2. The third-order valence-corrected chi connectivity index (χ3v) is 2.03. The van der Waals surface area contributed by atoms with Gasteiger partial charge >= 0.3 is 0 Å². The summed E-state index contributed by atoms with van der Waals surface area (Å²) in [6.45, 7) is 2.52. The first-order chi connectivity index (χ1) is 7.67. The average molecular weight is 228 g/mol. The van der Waals surface area contributed by atoms with E-state index < -0.39 is 5.82 Å². The topological polar surface area (TPSA) is 67.5 Å². The highest BCUT2D eigenvalue weighted by atomic mass is 19.1. The predicted octanol–water partition coefficient (Wildman–Crippen LogP) is 0.956. The summed E-state index contributed by atoms with van der Waals surface area (Å²) in [4.78, 5) is 0. The van der Waals surface area contributed by atoms with Crippen molar-refractivity contribution in [2.75, 3.05) is 25.1 Å². The van der Waals surface area contributed by atoms with Crippen LogP contribution in [0.4, 0.5) is 10.1 Å². The van der Waals surface area contributed by atoms with Crippen LogP contribution < -0.4 is 15.8 Å². The Bertz CT molecular complexity index is 334. The zero-order chi connectivity index (χ0) is 12.0. The summed E-state index contributed by atoms with van der Waals surface area (Å²) in [7, 11) is 0. The Balaban J connectivity index is 2.59. The second kappa shape index (κ2) is 6.30. The van der Waals surface area contributed by atoms with Gasteiger partial charge in [0.05, 0.1) is 13.2 Å². The molecular formula is C11H17FN2O2. The van der Waals surface area contributed by atoms with Crippen molar-refractivity contribution in [3.05, 3.63) is 24.0 Å². The highest BCUT2D eigenvalue weighted by Crippen LogP contribution is 2.20. The number of anilines is 1. The van der Waals surface area contributed by atoms with Crippen LogP contribution in [0.5, 0.6) is 5.75 Å². The van der Waals surface area contributed by atoms with E-state index >= 15 is 0 Å². The molecule has 0 aliphatic carbocycles. The first kappa shape index (κ1) is 12.7. The van der Waals surface area contributed by atoms with Crippen molar-refractivity contribution < 1.29 is 14.2 Å². The molecular weight excluding hydrogens is 211 g/mol. The molecule has 0 aliphatic rings. The quantitative estimate of drug-likeness (QED) is 0.678. The summed E-state index contributed by atoms with van der Waals surface area (Å²) in [5.74, 6) is -0.177. The molecule has 90 valence electrons. The monoisotopic (exact) mass is 228 g/mol. The Morgan fingerprint density at radius 2 is 2.31 bits per heavy atom. The molecule has 0 heterocycles. The third-order valence-electron chi connectivity index (χ3n) is 2.03. The molecule has 1 aromatic rings. The fourth-order valence-corrected chi connectivity index (χ4v) is 1.20. The summed E-state index contributed by atoms with van der Waals surface area (Å²) < 4.78 is 18.5. The third kappa shape index (κ3) is 3.67. The number of ether oxygens (including phenoxy) is 1. The minimum absolute atomic E-state index is 0.105. The van der Waals surface area contributed by atoms with Gasteiger partial charge < -0.3 is 20.9 Å². The Morgan fingerprint density at radius 1 is 1.56 bits per heavy atom. The number of halogens is 1. The summed E-state index contributed by atoms with van der Waals surface area (Å²) in [5.41, 5.74) is 6.12. The van der Waals surface area contributed by atoms with Gasteiger partial charge in [0.2, 0.25) is 0 Å². The maximum atomic E-state index is 13.4. The van der Waals surface area contributed by atoms with Crippen LogP contribution in [-0.2, 0) is 0 Å². The molecule has 0 saturated carbocycles. The molecule has 1 atom stereocenters. The second-order valence-corrected chi connectivity index (χ2v) is 3.40. The Labute approximate surface area is 94.2 Å². The molecule has 0 fully saturated rings. The van der Waals surface area contributed by atoms with E-state index in [-0.39, 0.29) is 18.4 Å². The van der Waals surface area contributed by atoms with E-state index in [1.54, 1.807) is 19.1 Å². The lowest BCUT2D eigenvalue weighted by atomic mass is 10.2. The molecule has 1 unspecified atom stereocenters. The highest BCUT2D eigenvalue weighted by Gasteiger charge is 2.05. The second-order valence-electron chi connectivity index (χ2n) is 3.40. The number of rotatable bonds is 6. The number of benzene rings is 1. The number of nitrogens with one attached hydrogen (secondary N) is 1. The van der Waals surface area contributed by atoms with Gasteiger partial charge in [-0.2, -0.15) is 0 Å². The Morgan fingerprint density at radius 3 is 2.88 bits per heavy atom. The van der Waals surface area contributed by atoms with Gasteiger partial charge in [0.15, 0.2) is 11.6 Å². The zero-order valence-corrected chi connectivity index (χ0v) is 9.24. The lowest BCUT2D eigenvalue weighted by Crippen LogP contribution is -2.32. The molecule has 0 aromatic heterocycles. The molecule has 16 heavy (non-hydrogen) atoms. The molecule has 0 spiro atoms. The van der Waals surface area contributed by atoms with E-state index in [1.165, 1.54) is 6.07 Å². The first-order valence-electron chi connectivity index (χ1n) is 5.20. The lowest BCUT2D eigenvalue weighted by Gasteiger charge is -2.12. The van der Waals surface area contributed by atoms with E-state index in [1.807, 2.05) is 0 Å². The molecule has 4 nitrogen and oxygen atoms in total. The van der Waals surface area contributed by atoms with Crippen LogP contribution in [0.3, 0.4) is 0 Å². The van der Waals surface area contributed by atoms with Crippen LogP contribution >= 0.6 is 0 Å². The molecule has 0 saturated heterocycles. The van der Waals surface area contributed by atoms with Crippen LogP contribution in [0.25, 0.3) is 0 Å². The van der Waals surface area contributed by atoms with Crippen molar-refractivity contribution in [2.45, 2.75) is 13.0 Å². The van der Waals surface area contributed by atoms with Crippen LogP contribution in [-0.4, -0.2) is 30.9 Å². The standard InChI is InChI=1S/C11H17FN2O2/c1-2-16-11-4-3-9(5-10(11)12)14-6-8(13)7-15/h3-5,8,14-15H,2,6-7,13H2,1H3. The van der Waals surface area contributed by atoms with Crippen molar-refractivity contribution in [3.8, 4) is 5.75 Å². The molecule has 1 aromatic carbocycles. The van der Waals surface area contributed by atoms with Gasteiger partial charge in [-0.1, -0.05) is 0 Å². The van der Waals surface area contributed by atoms with Crippen LogP contribution in [0, 0.1) is 5.82 Å². The molecule has 5 heteroatoms. The van der Waals surface area contributed by atoms with Crippen molar-refractivity contribution in [2.24, 2.45) is 5.73 Å². The lowest BCUT2D eigenvalue weighted by molar-refractivity contribution is 0.270. The van der Waals surface area contributed by atoms with E-state index in [0.29, 0.717) is 18.8 Å². The Hall–Kier alpha value is -1.33.